The summed E-state index contributed by atoms with van der Waals surface area (Å²) in [5.74, 6) is 2.66. The van der Waals surface area contributed by atoms with Crippen LogP contribution in [0.1, 0.15) is 28.4 Å². The van der Waals surface area contributed by atoms with Crippen LogP contribution in [0.3, 0.4) is 0 Å². The van der Waals surface area contributed by atoms with E-state index in [-0.39, 0.29) is 11.9 Å². The van der Waals surface area contributed by atoms with Crippen LogP contribution in [0.2, 0.25) is 0 Å². The number of carbonyl (C=O) groups excluding carboxylic acids is 1. The van der Waals surface area contributed by atoms with Gasteiger partial charge in [-0.2, -0.15) is 0 Å². The standard InChI is InChI=1S/C22H27NO6/c1-25-17-9-16(10-18(12-17)26-2)22-13-23(14-29-22)8-7-19(24)15-5-6-20(27-3)21(11-15)28-4/h5-6,9-12,22H,7-8,13-14H2,1-4H3. The maximum absolute atomic E-state index is 12.6. The van der Waals surface area contributed by atoms with Gasteiger partial charge in [-0.25, -0.2) is 0 Å². The van der Waals surface area contributed by atoms with Crippen LogP contribution in [0.4, 0.5) is 0 Å². The third-order valence-electron chi connectivity index (χ3n) is 4.99. The molecular formula is C22H27NO6. The first-order valence-electron chi connectivity index (χ1n) is 9.40. The number of methoxy groups -OCH3 is 4. The molecule has 1 atom stereocenters. The summed E-state index contributed by atoms with van der Waals surface area (Å²) in [6.45, 7) is 1.80. The number of Topliss-reactive ketones (excluding diaryl/α,β-unsaturated/α-hetero) is 1. The van der Waals surface area contributed by atoms with E-state index in [4.69, 9.17) is 23.7 Å². The maximum atomic E-state index is 12.6. The molecule has 0 saturated carbocycles. The number of rotatable bonds is 9. The summed E-state index contributed by atoms with van der Waals surface area (Å²) in [7, 11) is 6.38. The van der Waals surface area contributed by atoms with E-state index in [1.54, 1.807) is 46.6 Å². The lowest BCUT2D eigenvalue weighted by atomic mass is 10.1. The van der Waals surface area contributed by atoms with E-state index < -0.39 is 0 Å². The van der Waals surface area contributed by atoms with Gasteiger partial charge in [-0.3, -0.25) is 9.69 Å². The van der Waals surface area contributed by atoms with Crippen LogP contribution in [0.15, 0.2) is 36.4 Å². The van der Waals surface area contributed by atoms with Gasteiger partial charge in [0.15, 0.2) is 17.3 Å². The minimum Gasteiger partial charge on any atom is -0.497 e. The lowest BCUT2D eigenvalue weighted by Crippen LogP contribution is -2.23. The normalized spacial score (nSPS) is 16.5. The third kappa shape index (κ3) is 4.99. The molecule has 1 aliphatic rings. The highest BCUT2D eigenvalue weighted by Crippen LogP contribution is 2.32. The fourth-order valence-electron chi connectivity index (χ4n) is 3.32. The van der Waals surface area contributed by atoms with Gasteiger partial charge in [0.2, 0.25) is 0 Å². The third-order valence-corrected chi connectivity index (χ3v) is 4.99. The SMILES string of the molecule is COc1cc(OC)cc(C2CN(CCC(=O)c3ccc(OC)c(OC)c3)CO2)c1. The molecule has 0 bridgehead atoms. The first kappa shape index (κ1) is 21.0. The average molecular weight is 401 g/mol. The molecule has 1 unspecified atom stereocenters. The Morgan fingerprint density at radius 2 is 1.66 bits per heavy atom. The number of carbonyl (C=O) groups is 1. The molecule has 3 rings (SSSR count). The van der Waals surface area contributed by atoms with Crippen molar-refractivity contribution in [1.82, 2.24) is 4.90 Å². The summed E-state index contributed by atoms with van der Waals surface area (Å²) in [5, 5.41) is 0. The van der Waals surface area contributed by atoms with Crippen LogP contribution in [-0.4, -0.2) is 58.9 Å². The van der Waals surface area contributed by atoms with Gasteiger partial charge in [0, 0.05) is 31.1 Å². The van der Waals surface area contributed by atoms with Gasteiger partial charge in [-0.1, -0.05) is 0 Å². The van der Waals surface area contributed by atoms with Gasteiger partial charge in [0.25, 0.3) is 0 Å². The van der Waals surface area contributed by atoms with Gasteiger partial charge >= 0.3 is 0 Å². The van der Waals surface area contributed by atoms with E-state index in [1.165, 1.54) is 0 Å². The molecule has 0 aliphatic carbocycles. The monoisotopic (exact) mass is 401 g/mol. The van der Waals surface area contributed by atoms with Crippen molar-refractivity contribution in [2.75, 3.05) is 48.3 Å². The first-order chi connectivity index (χ1) is 14.1. The molecule has 2 aromatic rings. The topological polar surface area (TPSA) is 66.5 Å². The van der Waals surface area contributed by atoms with E-state index >= 15 is 0 Å². The number of ketones is 1. The lowest BCUT2D eigenvalue weighted by molar-refractivity contribution is 0.0850. The van der Waals surface area contributed by atoms with Crippen LogP contribution in [0.25, 0.3) is 0 Å². The first-order valence-corrected chi connectivity index (χ1v) is 9.40. The fourth-order valence-corrected chi connectivity index (χ4v) is 3.32. The Morgan fingerprint density at radius 3 is 2.28 bits per heavy atom. The van der Waals surface area contributed by atoms with Crippen molar-refractivity contribution < 1.29 is 28.5 Å². The largest absolute Gasteiger partial charge is 0.497 e. The van der Waals surface area contributed by atoms with Gasteiger partial charge in [0.1, 0.15) is 11.5 Å². The molecule has 156 valence electrons. The molecule has 1 saturated heterocycles. The number of hydrogen-bond donors (Lipinski definition) is 0. The van der Waals surface area contributed by atoms with Gasteiger partial charge in [0.05, 0.1) is 41.3 Å². The van der Waals surface area contributed by atoms with Crippen molar-refractivity contribution >= 4 is 5.78 Å². The number of hydrogen-bond acceptors (Lipinski definition) is 7. The Morgan fingerprint density at radius 1 is 0.966 bits per heavy atom. The van der Waals surface area contributed by atoms with Crippen LogP contribution in [0, 0.1) is 0 Å². The minimum atomic E-state index is -0.0878. The van der Waals surface area contributed by atoms with Crippen molar-refractivity contribution in [3.05, 3.63) is 47.5 Å². The number of nitrogens with zero attached hydrogens (tertiary/aromatic N) is 1. The predicted octanol–water partition coefficient (Wildman–Crippen LogP) is 3.32. The smallest absolute Gasteiger partial charge is 0.164 e. The van der Waals surface area contributed by atoms with Crippen LogP contribution in [0.5, 0.6) is 23.0 Å². The van der Waals surface area contributed by atoms with Crippen molar-refractivity contribution in [2.24, 2.45) is 0 Å². The quantitative estimate of drug-likeness (QED) is 0.597. The zero-order chi connectivity index (χ0) is 20.8. The average Bonchev–Trinajstić information content (AvgIpc) is 3.25. The molecular weight excluding hydrogens is 374 g/mol. The lowest BCUT2D eigenvalue weighted by Gasteiger charge is -2.15. The predicted molar refractivity (Wildman–Crippen MR) is 108 cm³/mol. The second kappa shape index (κ2) is 9.62. The molecule has 1 fully saturated rings. The maximum Gasteiger partial charge on any atom is 0.164 e. The van der Waals surface area contributed by atoms with Crippen molar-refractivity contribution in [3.63, 3.8) is 0 Å². The molecule has 0 amide bonds. The molecule has 1 aliphatic heterocycles. The molecule has 7 nitrogen and oxygen atoms in total. The van der Waals surface area contributed by atoms with E-state index in [1.807, 2.05) is 18.2 Å². The Kier molecular flexibility index (Phi) is 6.95. The zero-order valence-corrected chi connectivity index (χ0v) is 17.3. The Hall–Kier alpha value is -2.77. The van der Waals surface area contributed by atoms with Crippen LogP contribution < -0.4 is 18.9 Å². The van der Waals surface area contributed by atoms with E-state index in [0.717, 1.165) is 17.1 Å². The number of benzene rings is 2. The summed E-state index contributed by atoms with van der Waals surface area (Å²) in [6, 6.07) is 11.0. The van der Waals surface area contributed by atoms with E-state index in [0.29, 0.717) is 43.3 Å². The second-order valence-corrected chi connectivity index (χ2v) is 6.75. The molecule has 0 aromatic heterocycles. The van der Waals surface area contributed by atoms with Gasteiger partial charge in [-0.15, -0.1) is 0 Å². The Labute approximate surface area is 171 Å². The summed E-state index contributed by atoms with van der Waals surface area (Å²) in [4.78, 5) is 14.7. The Balaban J connectivity index is 1.59. The van der Waals surface area contributed by atoms with Crippen LogP contribution >= 0.6 is 0 Å². The van der Waals surface area contributed by atoms with Gasteiger partial charge < -0.3 is 23.7 Å². The molecule has 29 heavy (non-hydrogen) atoms. The molecule has 7 heteroatoms. The molecule has 0 N–H and O–H groups in total. The van der Waals surface area contributed by atoms with E-state index in [2.05, 4.69) is 4.90 Å². The van der Waals surface area contributed by atoms with Gasteiger partial charge in [-0.05, 0) is 35.9 Å². The molecule has 0 radical (unpaired) electrons. The second-order valence-electron chi connectivity index (χ2n) is 6.75. The summed E-state index contributed by atoms with van der Waals surface area (Å²) < 4.78 is 27.1. The van der Waals surface area contributed by atoms with E-state index in [9.17, 15) is 4.79 Å². The zero-order valence-electron chi connectivity index (χ0n) is 17.3. The summed E-state index contributed by atoms with van der Waals surface area (Å²) in [5.41, 5.74) is 1.60. The number of ether oxygens (including phenoxy) is 5. The van der Waals surface area contributed by atoms with Crippen molar-refractivity contribution in [1.29, 1.82) is 0 Å². The summed E-state index contributed by atoms with van der Waals surface area (Å²) in [6.07, 6.45) is 0.308. The van der Waals surface area contributed by atoms with Crippen LogP contribution in [-0.2, 0) is 4.74 Å². The molecule has 1 heterocycles. The fraction of sp³-hybridized carbons (Fsp3) is 0.409. The highest BCUT2D eigenvalue weighted by atomic mass is 16.5. The highest BCUT2D eigenvalue weighted by Gasteiger charge is 2.26. The summed E-state index contributed by atoms with van der Waals surface area (Å²) >= 11 is 0. The van der Waals surface area contributed by atoms with Crippen molar-refractivity contribution in [2.45, 2.75) is 12.5 Å². The molecule has 0 spiro atoms. The van der Waals surface area contributed by atoms with Crippen molar-refractivity contribution in [3.8, 4) is 23.0 Å². The minimum absolute atomic E-state index is 0.0532. The molecule has 2 aromatic carbocycles. The highest BCUT2D eigenvalue weighted by molar-refractivity contribution is 5.96. The Bertz CT molecular complexity index is 831.